The van der Waals surface area contributed by atoms with Crippen LogP contribution in [0.3, 0.4) is 0 Å². The first-order chi connectivity index (χ1) is 6.79. The van der Waals surface area contributed by atoms with Crippen molar-refractivity contribution in [3.8, 4) is 0 Å². The van der Waals surface area contributed by atoms with Crippen molar-refractivity contribution in [2.75, 3.05) is 0 Å². The van der Waals surface area contributed by atoms with Gasteiger partial charge >= 0.3 is 0 Å². The van der Waals surface area contributed by atoms with Gasteiger partial charge in [-0.1, -0.05) is 18.2 Å². The number of benzene rings is 1. The van der Waals surface area contributed by atoms with E-state index < -0.39 is 0 Å². The number of nitrogens with two attached hydrogens (primary N) is 1. The van der Waals surface area contributed by atoms with E-state index >= 15 is 0 Å². The van der Waals surface area contributed by atoms with Crippen LogP contribution in [0, 0.1) is 5.82 Å². The molecule has 0 saturated carbocycles. The molecule has 4 heteroatoms. The van der Waals surface area contributed by atoms with Gasteiger partial charge in [-0.15, -0.1) is 12.4 Å². The zero-order valence-electron chi connectivity index (χ0n) is 7.89. The Morgan fingerprint density at radius 1 is 1.20 bits per heavy atom. The van der Waals surface area contributed by atoms with Crippen molar-refractivity contribution >= 4 is 23.7 Å². The van der Waals surface area contributed by atoms with Crippen LogP contribution in [0.4, 0.5) is 4.39 Å². The Balaban J connectivity index is 0.00000112. The van der Waals surface area contributed by atoms with E-state index in [2.05, 4.69) is 0 Å². The van der Waals surface area contributed by atoms with Gasteiger partial charge in [-0.3, -0.25) is 0 Å². The fraction of sp³-hybridized carbons (Fsp3) is 0.0909. The lowest BCUT2D eigenvalue weighted by atomic mass is 10.0. The molecule has 80 valence electrons. The molecule has 2 N–H and O–H groups in total. The summed E-state index contributed by atoms with van der Waals surface area (Å²) in [6.45, 7) is 0. The van der Waals surface area contributed by atoms with Gasteiger partial charge in [0.25, 0.3) is 0 Å². The van der Waals surface area contributed by atoms with E-state index in [-0.39, 0.29) is 24.3 Å². The first kappa shape index (κ1) is 12.2. The molecule has 0 saturated heterocycles. The summed E-state index contributed by atoms with van der Waals surface area (Å²) in [5, 5.41) is 3.88. The van der Waals surface area contributed by atoms with E-state index in [0.717, 1.165) is 5.56 Å². The molecule has 1 heterocycles. The summed E-state index contributed by atoms with van der Waals surface area (Å²) in [6, 6.07) is 8.17. The van der Waals surface area contributed by atoms with E-state index in [1.807, 2.05) is 16.8 Å². The highest BCUT2D eigenvalue weighted by Gasteiger charge is 2.12. The van der Waals surface area contributed by atoms with Crippen molar-refractivity contribution in [3.05, 3.63) is 58.0 Å². The topological polar surface area (TPSA) is 26.0 Å². The molecular weight excluding hydrogens is 233 g/mol. The van der Waals surface area contributed by atoms with Crippen LogP contribution >= 0.6 is 23.7 Å². The molecule has 0 fully saturated rings. The van der Waals surface area contributed by atoms with Gasteiger partial charge in [0.1, 0.15) is 5.82 Å². The molecule has 0 aliphatic heterocycles. The van der Waals surface area contributed by atoms with Crippen LogP contribution in [0.25, 0.3) is 0 Å². The van der Waals surface area contributed by atoms with Crippen molar-refractivity contribution in [1.29, 1.82) is 0 Å². The molecule has 0 spiro atoms. The van der Waals surface area contributed by atoms with Gasteiger partial charge in [0.15, 0.2) is 0 Å². The summed E-state index contributed by atoms with van der Waals surface area (Å²) in [6.07, 6.45) is 0. The molecule has 0 aliphatic rings. The molecule has 0 radical (unpaired) electrons. The summed E-state index contributed by atoms with van der Waals surface area (Å²) >= 11 is 1.57. The Morgan fingerprint density at radius 3 is 2.53 bits per heavy atom. The van der Waals surface area contributed by atoms with Gasteiger partial charge in [0.2, 0.25) is 0 Å². The van der Waals surface area contributed by atoms with Crippen molar-refractivity contribution in [2.45, 2.75) is 6.04 Å². The molecule has 0 aliphatic carbocycles. The Morgan fingerprint density at radius 2 is 1.93 bits per heavy atom. The third-order valence-electron chi connectivity index (χ3n) is 2.14. The molecule has 1 nitrogen and oxygen atoms in total. The normalized spacial score (nSPS) is 11.9. The lowest BCUT2D eigenvalue weighted by molar-refractivity contribution is 0.600. The van der Waals surface area contributed by atoms with Crippen LogP contribution in [-0.2, 0) is 0 Å². The number of halogens is 2. The summed E-state index contributed by atoms with van der Waals surface area (Å²) in [5.74, 6) is -0.244. The fourth-order valence-electron chi connectivity index (χ4n) is 1.36. The molecule has 1 atom stereocenters. The average Bonchev–Trinajstić information content (AvgIpc) is 2.70. The quantitative estimate of drug-likeness (QED) is 0.860. The highest BCUT2D eigenvalue weighted by atomic mass is 35.5. The third kappa shape index (κ3) is 2.56. The second kappa shape index (κ2) is 5.26. The Bertz CT molecular complexity index is 416. The highest BCUT2D eigenvalue weighted by Crippen LogP contribution is 2.23. The summed E-state index contributed by atoms with van der Waals surface area (Å²) in [7, 11) is 0. The SMILES string of the molecule is Cl.N[C@H](c1ccsc1)c1ccccc1F. The molecule has 1 aromatic carbocycles. The minimum absolute atomic E-state index is 0. The number of hydrogen-bond acceptors (Lipinski definition) is 2. The molecule has 2 rings (SSSR count). The maximum Gasteiger partial charge on any atom is 0.128 e. The second-order valence-corrected chi connectivity index (χ2v) is 3.84. The summed E-state index contributed by atoms with van der Waals surface area (Å²) in [4.78, 5) is 0. The van der Waals surface area contributed by atoms with E-state index in [1.54, 1.807) is 29.5 Å². The second-order valence-electron chi connectivity index (χ2n) is 3.06. The van der Waals surface area contributed by atoms with Crippen molar-refractivity contribution in [3.63, 3.8) is 0 Å². The van der Waals surface area contributed by atoms with Gasteiger partial charge in [-0.2, -0.15) is 11.3 Å². The molecule has 0 amide bonds. The smallest absolute Gasteiger partial charge is 0.128 e. The van der Waals surface area contributed by atoms with Crippen LogP contribution in [0.5, 0.6) is 0 Å². The standard InChI is InChI=1S/C11H10FNS.ClH/c12-10-4-2-1-3-9(10)11(13)8-5-6-14-7-8;/h1-7,11H,13H2;1H/t11-;/m1./s1. The van der Waals surface area contributed by atoms with Gasteiger partial charge in [0.05, 0.1) is 6.04 Å². The number of hydrogen-bond donors (Lipinski definition) is 1. The predicted molar refractivity (Wildman–Crippen MR) is 64.0 cm³/mol. The maximum absolute atomic E-state index is 13.4. The lowest BCUT2D eigenvalue weighted by Crippen LogP contribution is -2.12. The number of rotatable bonds is 2. The zero-order valence-corrected chi connectivity index (χ0v) is 9.52. The first-order valence-corrected chi connectivity index (χ1v) is 5.25. The molecule has 15 heavy (non-hydrogen) atoms. The van der Waals surface area contributed by atoms with E-state index in [1.165, 1.54) is 6.07 Å². The lowest BCUT2D eigenvalue weighted by Gasteiger charge is -2.10. The maximum atomic E-state index is 13.4. The predicted octanol–water partition coefficient (Wildman–Crippen LogP) is 3.36. The van der Waals surface area contributed by atoms with Crippen LogP contribution in [0.15, 0.2) is 41.1 Å². The first-order valence-electron chi connectivity index (χ1n) is 4.31. The number of thiophene rings is 1. The Hall–Kier alpha value is -0.900. The summed E-state index contributed by atoms with van der Waals surface area (Å²) < 4.78 is 13.4. The molecule has 0 bridgehead atoms. The van der Waals surface area contributed by atoms with E-state index in [9.17, 15) is 4.39 Å². The minimum Gasteiger partial charge on any atom is -0.320 e. The van der Waals surface area contributed by atoms with Gasteiger partial charge in [-0.25, -0.2) is 4.39 Å². The van der Waals surface area contributed by atoms with Gasteiger partial charge in [0, 0.05) is 5.56 Å². The van der Waals surface area contributed by atoms with Crippen molar-refractivity contribution in [2.24, 2.45) is 5.73 Å². The minimum atomic E-state index is -0.359. The van der Waals surface area contributed by atoms with Crippen molar-refractivity contribution < 1.29 is 4.39 Å². The monoisotopic (exact) mass is 243 g/mol. The summed E-state index contributed by atoms with van der Waals surface area (Å²) in [5.41, 5.74) is 7.43. The average molecular weight is 244 g/mol. The van der Waals surface area contributed by atoms with Crippen molar-refractivity contribution in [1.82, 2.24) is 0 Å². The fourth-order valence-corrected chi connectivity index (χ4v) is 2.06. The van der Waals surface area contributed by atoms with Crippen LogP contribution in [0.1, 0.15) is 17.2 Å². The Kier molecular flexibility index (Phi) is 4.27. The Labute approximate surface area is 98.2 Å². The highest BCUT2D eigenvalue weighted by molar-refractivity contribution is 7.08. The van der Waals surface area contributed by atoms with E-state index in [0.29, 0.717) is 5.56 Å². The molecule has 0 unspecified atom stereocenters. The molecule has 1 aromatic heterocycles. The molecule has 2 aromatic rings. The van der Waals surface area contributed by atoms with Gasteiger partial charge in [-0.05, 0) is 28.5 Å². The van der Waals surface area contributed by atoms with E-state index in [4.69, 9.17) is 5.73 Å². The molecular formula is C11H11ClFNS. The van der Waals surface area contributed by atoms with Crippen LogP contribution in [0.2, 0.25) is 0 Å². The van der Waals surface area contributed by atoms with Crippen LogP contribution < -0.4 is 5.73 Å². The zero-order chi connectivity index (χ0) is 9.97. The van der Waals surface area contributed by atoms with Gasteiger partial charge < -0.3 is 5.73 Å². The third-order valence-corrected chi connectivity index (χ3v) is 2.84. The van der Waals surface area contributed by atoms with Crippen LogP contribution in [-0.4, -0.2) is 0 Å². The largest absolute Gasteiger partial charge is 0.320 e.